The van der Waals surface area contributed by atoms with Crippen molar-refractivity contribution in [2.75, 3.05) is 19.0 Å². The van der Waals surface area contributed by atoms with E-state index < -0.39 is 17.6 Å². The average molecular weight is 567 g/mol. The molecule has 1 aliphatic heterocycles. The maximum absolute atomic E-state index is 14.2. The second kappa shape index (κ2) is 11.7. The largest absolute Gasteiger partial charge is 0.497 e. The molecule has 2 heterocycles. The molecule has 9 nitrogen and oxygen atoms in total. The Kier molecular flexibility index (Phi) is 7.65. The molecule has 0 radical (unpaired) electrons. The van der Waals surface area contributed by atoms with E-state index in [-0.39, 0.29) is 18.4 Å². The molecule has 2 amide bonds. The van der Waals surface area contributed by atoms with Crippen LogP contribution >= 0.6 is 0 Å². The fourth-order valence-electron chi connectivity index (χ4n) is 6.37. The van der Waals surface area contributed by atoms with Crippen molar-refractivity contribution in [1.82, 2.24) is 14.7 Å². The minimum Gasteiger partial charge on any atom is -0.497 e. The summed E-state index contributed by atoms with van der Waals surface area (Å²) in [7, 11) is 1.63. The first kappa shape index (κ1) is 27.5. The Bertz CT molecular complexity index is 1590. The fraction of sp³-hybridized carbons (Fsp3) is 0.333. The van der Waals surface area contributed by atoms with Crippen molar-refractivity contribution in [3.63, 3.8) is 0 Å². The number of carbonyl (C=O) groups is 3. The van der Waals surface area contributed by atoms with E-state index in [9.17, 15) is 14.4 Å². The lowest BCUT2D eigenvalue weighted by molar-refractivity contribution is -0.141. The van der Waals surface area contributed by atoms with Gasteiger partial charge in [0.25, 0.3) is 0 Å². The van der Waals surface area contributed by atoms with Crippen LogP contribution in [-0.2, 0) is 26.3 Å². The number of nitrogens with zero attached hydrogens (tertiary/aromatic N) is 3. The number of hydrogen-bond acceptors (Lipinski definition) is 6. The van der Waals surface area contributed by atoms with E-state index in [0.717, 1.165) is 49.0 Å². The van der Waals surface area contributed by atoms with E-state index >= 15 is 0 Å². The summed E-state index contributed by atoms with van der Waals surface area (Å²) in [5, 5.41) is 7.88. The molecular formula is C33H34N4O5. The van der Waals surface area contributed by atoms with Crippen LogP contribution in [0.4, 0.5) is 10.5 Å². The van der Waals surface area contributed by atoms with Gasteiger partial charge in [-0.25, -0.2) is 4.79 Å². The van der Waals surface area contributed by atoms with E-state index in [4.69, 9.17) is 9.47 Å². The van der Waals surface area contributed by atoms with Gasteiger partial charge in [0.1, 0.15) is 18.4 Å². The van der Waals surface area contributed by atoms with Crippen molar-refractivity contribution >= 4 is 34.5 Å². The van der Waals surface area contributed by atoms with Crippen molar-refractivity contribution in [2.24, 2.45) is 0 Å². The van der Waals surface area contributed by atoms with Gasteiger partial charge in [-0.3, -0.25) is 9.59 Å². The number of hydrogen-bond donors (Lipinski definition) is 1. The molecule has 42 heavy (non-hydrogen) atoms. The summed E-state index contributed by atoms with van der Waals surface area (Å²) >= 11 is 0. The number of carbonyl (C=O) groups excluding carboxylic acids is 3. The maximum atomic E-state index is 14.2. The molecule has 1 saturated carbocycles. The van der Waals surface area contributed by atoms with Gasteiger partial charge >= 0.3 is 6.09 Å². The molecule has 9 heteroatoms. The third-order valence-corrected chi connectivity index (χ3v) is 8.57. The van der Waals surface area contributed by atoms with Gasteiger partial charge in [0.2, 0.25) is 11.8 Å². The highest BCUT2D eigenvalue weighted by Gasteiger charge is 2.48. The number of rotatable bonds is 7. The van der Waals surface area contributed by atoms with E-state index in [2.05, 4.69) is 10.4 Å². The van der Waals surface area contributed by atoms with Gasteiger partial charge in [-0.05, 0) is 61.1 Å². The highest BCUT2D eigenvalue weighted by atomic mass is 16.6. The predicted octanol–water partition coefficient (Wildman–Crippen LogP) is 5.67. The minimum atomic E-state index is -0.629. The van der Waals surface area contributed by atoms with Crippen molar-refractivity contribution in [3.05, 3.63) is 90.1 Å². The number of aromatic nitrogens is 2. The van der Waals surface area contributed by atoms with Crippen LogP contribution in [-0.4, -0.2) is 52.3 Å². The van der Waals surface area contributed by atoms with Crippen LogP contribution in [0.25, 0.3) is 10.9 Å². The Morgan fingerprint density at radius 1 is 0.952 bits per heavy atom. The number of methoxy groups -OCH3 is 1. The molecule has 216 valence electrons. The zero-order valence-corrected chi connectivity index (χ0v) is 23.6. The zero-order chi connectivity index (χ0) is 29.1. The monoisotopic (exact) mass is 566 g/mol. The molecule has 0 spiro atoms. The summed E-state index contributed by atoms with van der Waals surface area (Å²) in [4.78, 5) is 42.4. The molecule has 2 aliphatic rings. The second-order valence-electron chi connectivity index (χ2n) is 11.0. The zero-order valence-electron chi connectivity index (χ0n) is 23.6. The molecular weight excluding hydrogens is 532 g/mol. The Hall–Kier alpha value is -4.66. The molecule has 2 fully saturated rings. The van der Waals surface area contributed by atoms with Gasteiger partial charge in [0.15, 0.2) is 0 Å². The Morgan fingerprint density at radius 2 is 1.71 bits per heavy atom. The van der Waals surface area contributed by atoms with Crippen molar-refractivity contribution in [3.8, 4) is 5.75 Å². The van der Waals surface area contributed by atoms with Gasteiger partial charge in [-0.2, -0.15) is 9.78 Å². The summed E-state index contributed by atoms with van der Waals surface area (Å²) < 4.78 is 12.0. The van der Waals surface area contributed by atoms with Crippen LogP contribution < -0.4 is 10.1 Å². The van der Waals surface area contributed by atoms with Gasteiger partial charge in [0.05, 0.1) is 29.9 Å². The third-order valence-electron chi connectivity index (χ3n) is 8.57. The molecule has 6 rings (SSSR count). The van der Waals surface area contributed by atoms with E-state index in [1.165, 1.54) is 4.68 Å². The Morgan fingerprint density at radius 3 is 2.45 bits per heavy atom. The van der Waals surface area contributed by atoms with Gasteiger partial charge in [-0.1, -0.05) is 61.4 Å². The number of ether oxygens (including phenoxy) is 2. The summed E-state index contributed by atoms with van der Waals surface area (Å²) in [6.45, 7) is 0.672. The van der Waals surface area contributed by atoms with E-state index in [1.807, 2.05) is 54.6 Å². The molecule has 0 unspecified atom stereocenters. The standard InChI is InChI=1S/C33H34N4O5/c1-41-25-16-14-24(15-17-25)33(18-5-6-19-33)31(39)36-20-8-13-29(36)30(38)35-27-11-7-12-28-26(27)21-34-37(28)32(40)42-22-23-9-3-2-4-10-23/h2-4,7,9-12,14-17,21,29H,5-6,8,13,18-20,22H2,1H3,(H,35,38)/t29-/m1/s1. The molecule has 1 aromatic heterocycles. The quantitative estimate of drug-likeness (QED) is 0.309. The lowest BCUT2D eigenvalue weighted by atomic mass is 9.77. The Labute approximate surface area is 244 Å². The Balaban J connectivity index is 1.19. The first-order valence-corrected chi connectivity index (χ1v) is 14.4. The highest BCUT2D eigenvalue weighted by molar-refractivity contribution is 6.05. The average Bonchev–Trinajstić information content (AvgIpc) is 3.81. The molecule has 1 N–H and O–H groups in total. The smallest absolute Gasteiger partial charge is 0.435 e. The summed E-state index contributed by atoms with van der Waals surface area (Å²) in [6.07, 6.45) is 5.78. The lowest BCUT2D eigenvalue weighted by Gasteiger charge is -2.35. The number of anilines is 1. The first-order valence-electron chi connectivity index (χ1n) is 14.4. The van der Waals surface area contributed by atoms with Crippen molar-refractivity contribution in [1.29, 1.82) is 0 Å². The molecule has 1 aliphatic carbocycles. The first-order chi connectivity index (χ1) is 20.5. The molecule has 1 saturated heterocycles. The van der Waals surface area contributed by atoms with Crippen LogP contribution in [0.15, 0.2) is 79.0 Å². The highest BCUT2D eigenvalue weighted by Crippen LogP contribution is 2.44. The van der Waals surface area contributed by atoms with E-state index in [0.29, 0.717) is 29.6 Å². The van der Waals surface area contributed by atoms with Crippen LogP contribution in [0.3, 0.4) is 0 Å². The normalized spacial score (nSPS) is 17.7. The minimum absolute atomic E-state index is 0.0232. The van der Waals surface area contributed by atoms with Crippen molar-refractivity contribution in [2.45, 2.75) is 56.6 Å². The third kappa shape index (κ3) is 5.11. The topological polar surface area (TPSA) is 103 Å². The summed E-state index contributed by atoms with van der Waals surface area (Å²) in [5.41, 5.74) is 2.28. The summed E-state index contributed by atoms with van der Waals surface area (Å²) in [6, 6.07) is 21.9. The lowest BCUT2D eigenvalue weighted by Crippen LogP contribution is -2.51. The molecule has 3 aromatic carbocycles. The van der Waals surface area contributed by atoms with Crippen LogP contribution in [0.5, 0.6) is 5.75 Å². The fourth-order valence-corrected chi connectivity index (χ4v) is 6.37. The number of nitrogens with one attached hydrogen (secondary N) is 1. The number of benzene rings is 3. The van der Waals surface area contributed by atoms with Crippen LogP contribution in [0.2, 0.25) is 0 Å². The number of amides is 2. The molecule has 0 bridgehead atoms. The van der Waals surface area contributed by atoms with Gasteiger partial charge < -0.3 is 19.7 Å². The number of likely N-dealkylation sites (tertiary alicyclic amines) is 1. The van der Waals surface area contributed by atoms with Crippen molar-refractivity contribution < 1.29 is 23.9 Å². The van der Waals surface area contributed by atoms with Crippen LogP contribution in [0.1, 0.15) is 49.7 Å². The predicted molar refractivity (Wildman–Crippen MR) is 158 cm³/mol. The van der Waals surface area contributed by atoms with Crippen LogP contribution in [0, 0.1) is 0 Å². The van der Waals surface area contributed by atoms with Gasteiger partial charge in [-0.15, -0.1) is 0 Å². The second-order valence-corrected chi connectivity index (χ2v) is 11.0. The summed E-state index contributed by atoms with van der Waals surface area (Å²) in [5.74, 6) is 0.533. The van der Waals surface area contributed by atoms with E-state index in [1.54, 1.807) is 36.4 Å². The van der Waals surface area contributed by atoms with Gasteiger partial charge in [0, 0.05) is 11.9 Å². The number of fused-ring (bicyclic) bond motifs is 1. The SMILES string of the molecule is COc1ccc(C2(C(=O)N3CCC[C@@H]3C(=O)Nc3cccc4c3cnn4C(=O)OCc3ccccc3)CCCC2)cc1. The molecule has 1 atom stereocenters. The maximum Gasteiger partial charge on any atom is 0.435 e. The molecule has 4 aromatic rings.